The number of nitrogens with one attached hydrogen (secondary N) is 1. The van der Waals surface area contributed by atoms with Crippen molar-refractivity contribution < 1.29 is 14.6 Å². The molecule has 2 aliphatic rings. The predicted octanol–water partition coefficient (Wildman–Crippen LogP) is 3.49. The summed E-state index contributed by atoms with van der Waals surface area (Å²) in [5, 5.41) is 12.6. The van der Waals surface area contributed by atoms with Crippen LogP contribution in [0.1, 0.15) is 77.6 Å². The van der Waals surface area contributed by atoms with E-state index in [1.165, 1.54) is 25.7 Å². The van der Waals surface area contributed by atoms with Gasteiger partial charge in [0.2, 0.25) is 0 Å². The number of carboxylic acids is 1. The lowest BCUT2D eigenvalue weighted by Gasteiger charge is -2.32. The van der Waals surface area contributed by atoms with Crippen LogP contribution in [0, 0.1) is 0 Å². The number of aliphatic carboxylic acids is 1. The van der Waals surface area contributed by atoms with Crippen molar-refractivity contribution in [2.24, 2.45) is 0 Å². The lowest BCUT2D eigenvalue weighted by atomic mass is 9.91. The molecule has 2 saturated carbocycles. The Morgan fingerprint density at radius 3 is 2.33 bits per heavy atom. The summed E-state index contributed by atoms with van der Waals surface area (Å²) in [4.78, 5) is 11.3. The third-order valence-electron chi connectivity index (χ3n) is 4.94. The van der Waals surface area contributed by atoms with Crippen LogP contribution in [0.4, 0.5) is 0 Å². The van der Waals surface area contributed by atoms with Gasteiger partial charge in [-0.15, -0.1) is 0 Å². The molecule has 2 aliphatic carbocycles. The minimum Gasteiger partial charge on any atom is -0.480 e. The summed E-state index contributed by atoms with van der Waals surface area (Å²) in [5.74, 6) is -0.701. The first-order valence-electron chi connectivity index (χ1n) is 8.83. The van der Waals surface area contributed by atoms with Crippen molar-refractivity contribution >= 4 is 5.97 Å². The summed E-state index contributed by atoms with van der Waals surface area (Å²) in [6.07, 6.45) is 13.0. The van der Waals surface area contributed by atoms with Crippen molar-refractivity contribution in [2.75, 3.05) is 0 Å². The summed E-state index contributed by atoms with van der Waals surface area (Å²) in [6, 6.07) is -0.0198. The SMILES string of the molecule is CCCC[C@H](NC1CCC(OC2CCCC2)CC1)C(=O)O. The number of carbonyl (C=O) groups is 1. The van der Waals surface area contributed by atoms with E-state index in [1.807, 2.05) is 0 Å². The van der Waals surface area contributed by atoms with Gasteiger partial charge in [0.15, 0.2) is 0 Å². The van der Waals surface area contributed by atoms with Gasteiger partial charge >= 0.3 is 5.97 Å². The Morgan fingerprint density at radius 2 is 1.76 bits per heavy atom. The smallest absolute Gasteiger partial charge is 0.320 e. The van der Waals surface area contributed by atoms with Crippen LogP contribution in [0.3, 0.4) is 0 Å². The molecule has 4 heteroatoms. The van der Waals surface area contributed by atoms with Gasteiger partial charge in [-0.3, -0.25) is 4.79 Å². The van der Waals surface area contributed by atoms with Gasteiger partial charge in [-0.2, -0.15) is 0 Å². The van der Waals surface area contributed by atoms with Crippen LogP contribution in [0.5, 0.6) is 0 Å². The van der Waals surface area contributed by atoms with Crippen LogP contribution in [0.25, 0.3) is 0 Å². The number of rotatable bonds is 8. The second-order valence-electron chi connectivity index (χ2n) is 6.72. The van der Waals surface area contributed by atoms with Gasteiger partial charge in [0.25, 0.3) is 0 Å². The molecular weight excluding hydrogens is 266 g/mol. The first-order valence-corrected chi connectivity index (χ1v) is 8.83. The lowest BCUT2D eigenvalue weighted by molar-refractivity contribution is -0.140. The Balaban J connectivity index is 1.68. The highest BCUT2D eigenvalue weighted by Crippen LogP contribution is 2.28. The molecule has 2 rings (SSSR count). The van der Waals surface area contributed by atoms with Crippen molar-refractivity contribution in [1.29, 1.82) is 0 Å². The van der Waals surface area contributed by atoms with E-state index in [2.05, 4.69) is 12.2 Å². The second-order valence-corrected chi connectivity index (χ2v) is 6.72. The summed E-state index contributed by atoms with van der Waals surface area (Å²) in [7, 11) is 0. The summed E-state index contributed by atoms with van der Waals surface area (Å²) >= 11 is 0. The zero-order valence-corrected chi connectivity index (χ0v) is 13.4. The highest BCUT2D eigenvalue weighted by atomic mass is 16.5. The molecule has 21 heavy (non-hydrogen) atoms. The van der Waals surface area contributed by atoms with Gasteiger partial charge < -0.3 is 15.2 Å². The molecule has 0 heterocycles. The second kappa shape index (κ2) is 8.74. The Morgan fingerprint density at radius 1 is 1.14 bits per heavy atom. The Hall–Kier alpha value is -0.610. The molecule has 4 nitrogen and oxygen atoms in total. The molecule has 0 aromatic carbocycles. The Bertz CT molecular complexity index is 307. The van der Waals surface area contributed by atoms with E-state index in [1.54, 1.807) is 0 Å². The maximum Gasteiger partial charge on any atom is 0.320 e. The van der Waals surface area contributed by atoms with E-state index in [4.69, 9.17) is 4.74 Å². The van der Waals surface area contributed by atoms with Crippen LogP contribution in [0.2, 0.25) is 0 Å². The largest absolute Gasteiger partial charge is 0.480 e. The highest BCUT2D eigenvalue weighted by molar-refractivity contribution is 5.73. The van der Waals surface area contributed by atoms with E-state index >= 15 is 0 Å². The quantitative estimate of drug-likeness (QED) is 0.720. The van der Waals surface area contributed by atoms with Gasteiger partial charge in [0, 0.05) is 6.04 Å². The van der Waals surface area contributed by atoms with E-state index in [0.717, 1.165) is 44.9 Å². The summed E-state index contributed by atoms with van der Waals surface area (Å²) in [6.45, 7) is 2.10. The zero-order valence-electron chi connectivity index (χ0n) is 13.4. The molecule has 122 valence electrons. The fourth-order valence-electron chi connectivity index (χ4n) is 3.63. The fraction of sp³-hybridized carbons (Fsp3) is 0.941. The van der Waals surface area contributed by atoms with Crippen molar-refractivity contribution in [3.63, 3.8) is 0 Å². The normalized spacial score (nSPS) is 28.6. The first kappa shape index (κ1) is 16.8. The third-order valence-corrected chi connectivity index (χ3v) is 4.94. The maximum atomic E-state index is 11.3. The highest BCUT2D eigenvalue weighted by Gasteiger charge is 2.28. The van der Waals surface area contributed by atoms with Crippen molar-refractivity contribution in [3.05, 3.63) is 0 Å². The topological polar surface area (TPSA) is 58.6 Å². The van der Waals surface area contributed by atoms with Crippen LogP contribution < -0.4 is 5.32 Å². The summed E-state index contributed by atoms with van der Waals surface area (Å²) < 4.78 is 6.17. The molecule has 0 aliphatic heterocycles. The van der Waals surface area contributed by atoms with Crippen molar-refractivity contribution in [1.82, 2.24) is 5.32 Å². The van der Waals surface area contributed by atoms with E-state index < -0.39 is 5.97 Å². The first-order chi connectivity index (χ1) is 10.2. The third kappa shape index (κ3) is 5.59. The number of hydrogen-bond acceptors (Lipinski definition) is 3. The average molecular weight is 297 g/mol. The molecule has 0 radical (unpaired) electrons. The molecule has 1 atom stereocenters. The predicted molar refractivity (Wildman–Crippen MR) is 83.5 cm³/mol. The standard InChI is InChI=1S/C17H31NO3/c1-2-3-8-16(17(19)20)18-13-9-11-15(12-10-13)21-14-6-4-5-7-14/h13-16,18H,2-12H2,1H3,(H,19,20)/t13?,15?,16-/m0/s1. The minimum absolute atomic E-state index is 0.353. The number of unbranched alkanes of at least 4 members (excludes halogenated alkanes) is 1. The molecule has 0 bridgehead atoms. The Kier molecular flexibility index (Phi) is 6.97. The van der Waals surface area contributed by atoms with Crippen LogP contribution >= 0.6 is 0 Å². The van der Waals surface area contributed by atoms with Crippen LogP contribution in [0.15, 0.2) is 0 Å². The number of ether oxygens (including phenoxy) is 1. The Labute approximate surface area is 128 Å². The molecule has 2 fully saturated rings. The lowest BCUT2D eigenvalue weighted by Crippen LogP contribution is -2.45. The van der Waals surface area contributed by atoms with Gasteiger partial charge in [-0.25, -0.2) is 0 Å². The number of hydrogen-bond donors (Lipinski definition) is 2. The van der Waals surface area contributed by atoms with Crippen molar-refractivity contribution in [3.8, 4) is 0 Å². The maximum absolute atomic E-state index is 11.3. The molecule has 0 aromatic rings. The van der Waals surface area contributed by atoms with E-state index in [-0.39, 0.29) is 6.04 Å². The minimum atomic E-state index is -0.701. The van der Waals surface area contributed by atoms with E-state index in [9.17, 15) is 9.90 Å². The molecule has 2 N–H and O–H groups in total. The molecule has 0 saturated heterocycles. The van der Waals surface area contributed by atoms with Crippen molar-refractivity contribution in [2.45, 2.75) is 102 Å². The summed E-state index contributed by atoms with van der Waals surface area (Å²) in [5.41, 5.74) is 0. The van der Waals surface area contributed by atoms with Gasteiger partial charge in [-0.05, 0) is 44.9 Å². The van der Waals surface area contributed by atoms with Crippen LogP contribution in [-0.2, 0) is 9.53 Å². The van der Waals surface area contributed by atoms with Crippen LogP contribution in [-0.4, -0.2) is 35.4 Å². The van der Waals surface area contributed by atoms with E-state index in [0.29, 0.717) is 18.2 Å². The van der Waals surface area contributed by atoms with Gasteiger partial charge in [0.05, 0.1) is 12.2 Å². The van der Waals surface area contributed by atoms with Gasteiger partial charge in [0.1, 0.15) is 6.04 Å². The zero-order chi connectivity index (χ0) is 15.1. The fourth-order valence-corrected chi connectivity index (χ4v) is 3.63. The molecule has 0 aromatic heterocycles. The monoisotopic (exact) mass is 297 g/mol. The number of carboxylic acid groups (broad SMARTS) is 1. The average Bonchev–Trinajstić information content (AvgIpc) is 2.98. The van der Waals surface area contributed by atoms with Gasteiger partial charge in [-0.1, -0.05) is 32.6 Å². The molecular formula is C17H31NO3. The molecule has 0 unspecified atom stereocenters. The molecule has 0 spiro atoms. The molecule has 0 amide bonds.